The Labute approximate surface area is 162 Å². The van der Waals surface area contributed by atoms with Gasteiger partial charge in [-0.3, -0.25) is 0 Å². The summed E-state index contributed by atoms with van der Waals surface area (Å²) in [6, 6.07) is 8.23. The molecule has 0 atom stereocenters. The number of para-hydroxylation sites is 1. The van der Waals surface area contributed by atoms with Crippen molar-refractivity contribution in [1.29, 1.82) is 0 Å². The normalized spacial score (nSPS) is 12.2. The number of nitrogens with zero attached hydrogens (tertiary/aromatic N) is 3. The highest BCUT2D eigenvalue weighted by atomic mass is 16.3. The molecule has 0 saturated heterocycles. The van der Waals surface area contributed by atoms with E-state index in [0.717, 1.165) is 49.6 Å². The fourth-order valence-electron chi connectivity index (χ4n) is 3.25. The molecule has 148 valence electrons. The maximum Gasteiger partial charge on any atom is 0.191 e. The SMILES string of the molecule is CCNC(=NCc1ccccc1-n1ccnc1)NCC(CC)(CC)CCO. The van der Waals surface area contributed by atoms with E-state index in [1.807, 2.05) is 22.9 Å². The fourth-order valence-corrected chi connectivity index (χ4v) is 3.25. The van der Waals surface area contributed by atoms with Crippen LogP contribution >= 0.6 is 0 Å². The molecule has 0 aliphatic heterocycles. The van der Waals surface area contributed by atoms with Crippen molar-refractivity contribution in [3.05, 3.63) is 48.5 Å². The zero-order valence-corrected chi connectivity index (χ0v) is 16.8. The topological polar surface area (TPSA) is 74.5 Å². The second-order valence-electron chi connectivity index (χ2n) is 6.83. The number of benzene rings is 1. The molecule has 2 rings (SSSR count). The number of hydrogen-bond donors (Lipinski definition) is 3. The minimum Gasteiger partial charge on any atom is -0.396 e. The minimum atomic E-state index is 0.0969. The average Bonchev–Trinajstić information content (AvgIpc) is 3.24. The predicted molar refractivity (Wildman–Crippen MR) is 111 cm³/mol. The van der Waals surface area contributed by atoms with Crippen molar-refractivity contribution in [2.24, 2.45) is 10.4 Å². The van der Waals surface area contributed by atoms with E-state index in [0.29, 0.717) is 6.54 Å². The zero-order chi connectivity index (χ0) is 19.5. The summed E-state index contributed by atoms with van der Waals surface area (Å²) in [5, 5.41) is 16.2. The van der Waals surface area contributed by atoms with Crippen molar-refractivity contribution in [1.82, 2.24) is 20.2 Å². The number of rotatable bonds is 10. The second-order valence-corrected chi connectivity index (χ2v) is 6.83. The Kier molecular flexibility index (Phi) is 8.33. The second kappa shape index (κ2) is 10.7. The van der Waals surface area contributed by atoms with Crippen LogP contribution in [-0.2, 0) is 6.54 Å². The van der Waals surface area contributed by atoms with E-state index < -0.39 is 0 Å². The number of guanidine groups is 1. The first-order chi connectivity index (χ1) is 13.2. The number of aliphatic imine (C=N–C) groups is 1. The monoisotopic (exact) mass is 371 g/mol. The summed E-state index contributed by atoms with van der Waals surface area (Å²) in [4.78, 5) is 8.92. The lowest BCUT2D eigenvalue weighted by atomic mass is 9.79. The van der Waals surface area contributed by atoms with Crippen LogP contribution in [0.3, 0.4) is 0 Å². The molecule has 1 aromatic carbocycles. The molecule has 0 unspecified atom stereocenters. The third-order valence-electron chi connectivity index (χ3n) is 5.30. The Hall–Kier alpha value is -2.34. The van der Waals surface area contributed by atoms with Gasteiger partial charge in [-0.1, -0.05) is 32.0 Å². The molecular weight excluding hydrogens is 338 g/mol. The van der Waals surface area contributed by atoms with E-state index in [2.05, 4.69) is 48.5 Å². The first-order valence-electron chi connectivity index (χ1n) is 9.87. The summed E-state index contributed by atoms with van der Waals surface area (Å²) in [6.45, 7) is 8.84. The number of hydrogen-bond acceptors (Lipinski definition) is 3. The highest BCUT2D eigenvalue weighted by Gasteiger charge is 2.25. The van der Waals surface area contributed by atoms with Gasteiger partial charge in [0.2, 0.25) is 0 Å². The number of aliphatic hydroxyl groups excluding tert-OH is 1. The molecule has 6 heteroatoms. The van der Waals surface area contributed by atoms with E-state index in [9.17, 15) is 5.11 Å². The first kappa shape index (κ1) is 21.0. The molecule has 0 amide bonds. The van der Waals surface area contributed by atoms with Gasteiger partial charge in [-0.2, -0.15) is 0 Å². The molecule has 0 saturated carbocycles. The van der Waals surface area contributed by atoms with Gasteiger partial charge in [0.15, 0.2) is 5.96 Å². The number of aromatic nitrogens is 2. The lowest BCUT2D eigenvalue weighted by Gasteiger charge is -2.32. The molecule has 0 aliphatic rings. The van der Waals surface area contributed by atoms with E-state index in [-0.39, 0.29) is 12.0 Å². The third kappa shape index (κ3) is 5.82. The van der Waals surface area contributed by atoms with Gasteiger partial charge in [-0.05, 0) is 43.2 Å². The molecule has 0 spiro atoms. The smallest absolute Gasteiger partial charge is 0.191 e. The summed E-state index contributed by atoms with van der Waals surface area (Å²) < 4.78 is 2.01. The Bertz CT molecular complexity index is 692. The fraction of sp³-hybridized carbons (Fsp3) is 0.524. The van der Waals surface area contributed by atoms with Crippen LogP contribution in [0.15, 0.2) is 48.0 Å². The molecule has 0 radical (unpaired) electrons. The van der Waals surface area contributed by atoms with Crippen LogP contribution in [-0.4, -0.2) is 40.3 Å². The zero-order valence-electron chi connectivity index (χ0n) is 16.8. The Balaban J connectivity index is 2.12. The van der Waals surface area contributed by atoms with E-state index in [1.54, 1.807) is 12.5 Å². The maximum absolute atomic E-state index is 9.42. The first-order valence-corrected chi connectivity index (χ1v) is 9.87. The quantitative estimate of drug-likeness (QED) is 0.443. The summed E-state index contributed by atoms with van der Waals surface area (Å²) >= 11 is 0. The van der Waals surface area contributed by atoms with Crippen LogP contribution < -0.4 is 10.6 Å². The van der Waals surface area contributed by atoms with Crippen molar-refractivity contribution in [3.8, 4) is 5.69 Å². The summed E-state index contributed by atoms with van der Waals surface area (Å²) in [7, 11) is 0. The van der Waals surface area contributed by atoms with Crippen LogP contribution in [0.2, 0.25) is 0 Å². The largest absolute Gasteiger partial charge is 0.396 e. The summed E-state index contributed by atoms with van der Waals surface area (Å²) in [5.74, 6) is 0.808. The van der Waals surface area contributed by atoms with Gasteiger partial charge in [-0.25, -0.2) is 9.98 Å². The van der Waals surface area contributed by atoms with Crippen LogP contribution in [0.4, 0.5) is 0 Å². The predicted octanol–water partition coefficient (Wildman–Crippen LogP) is 3.12. The van der Waals surface area contributed by atoms with Crippen molar-refractivity contribution in [3.63, 3.8) is 0 Å². The van der Waals surface area contributed by atoms with Gasteiger partial charge >= 0.3 is 0 Å². The van der Waals surface area contributed by atoms with Crippen LogP contribution in [0.1, 0.15) is 45.6 Å². The molecule has 0 aliphatic carbocycles. The Morgan fingerprint density at radius 3 is 2.59 bits per heavy atom. The van der Waals surface area contributed by atoms with Gasteiger partial charge in [0.25, 0.3) is 0 Å². The Morgan fingerprint density at radius 2 is 1.96 bits per heavy atom. The lowest BCUT2D eigenvalue weighted by Crippen LogP contribution is -2.43. The molecule has 1 heterocycles. The van der Waals surface area contributed by atoms with Crippen LogP contribution in [0.5, 0.6) is 0 Å². The number of nitrogens with one attached hydrogen (secondary N) is 2. The molecule has 0 bridgehead atoms. The van der Waals surface area contributed by atoms with E-state index in [1.165, 1.54) is 0 Å². The van der Waals surface area contributed by atoms with Gasteiger partial charge in [0.05, 0.1) is 18.6 Å². The lowest BCUT2D eigenvalue weighted by molar-refractivity contribution is 0.169. The van der Waals surface area contributed by atoms with Crippen LogP contribution in [0, 0.1) is 5.41 Å². The highest BCUT2D eigenvalue weighted by Crippen LogP contribution is 2.29. The molecule has 1 aromatic heterocycles. The standard InChI is InChI=1S/C21H33N5O/c1-4-21(5-2,11-14-27)16-25-20(23-6-3)24-15-18-9-7-8-10-19(18)26-13-12-22-17-26/h7-10,12-13,17,27H,4-6,11,14-16H2,1-3H3,(H2,23,24,25). The van der Waals surface area contributed by atoms with E-state index >= 15 is 0 Å². The molecule has 27 heavy (non-hydrogen) atoms. The van der Waals surface area contributed by atoms with Gasteiger partial charge < -0.3 is 20.3 Å². The van der Waals surface area contributed by atoms with Crippen molar-refractivity contribution in [2.45, 2.75) is 46.6 Å². The molecule has 2 aromatic rings. The highest BCUT2D eigenvalue weighted by molar-refractivity contribution is 5.79. The Morgan fingerprint density at radius 1 is 1.19 bits per heavy atom. The van der Waals surface area contributed by atoms with Gasteiger partial charge in [0, 0.05) is 32.1 Å². The average molecular weight is 372 g/mol. The van der Waals surface area contributed by atoms with Crippen LogP contribution in [0.25, 0.3) is 5.69 Å². The maximum atomic E-state index is 9.42. The van der Waals surface area contributed by atoms with E-state index in [4.69, 9.17) is 4.99 Å². The molecule has 6 nitrogen and oxygen atoms in total. The molecule has 3 N–H and O–H groups in total. The van der Waals surface area contributed by atoms with Gasteiger partial charge in [0.1, 0.15) is 0 Å². The summed E-state index contributed by atoms with van der Waals surface area (Å²) in [6.07, 6.45) is 8.38. The third-order valence-corrected chi connectivity index (χ3v) is 5.30. The number of imidazole rings is 1. The van der Waals surface area contributed by atoms with Crippen molar-refractivity contribution in [2.75, 3.05) is 19.7 Å². The summed E-state index contributed by atoms with van der Waals surface area (Å²) in [5.41, 5.74) is 2.33. The minimum absolute atomic E-state index is 0.0969. The molecule has 0 fully saturated rings. The number of aliphatic hydroxyl groups is 1. The van der Waals surface area contributed by atoms with Crippen molar-refractivity contribution < 1.29 is 5.11 Å². The molecular formula is C21H33N5O. The van der Waals surface area contributed by atoms with Crippen molar-refractivity contribution >= 4 is 5.96 Å². The van der Waals surface area contributed by atoms with Gasteiger partial charge in [-0.15, -0.1) is 0 Å².